The number of aromatic nitrogens is 2. The van der Waals surface area contributed by atoms with Gasteiger partial charge in [0.25, 0.3) is 5.56 Å². The van der Waals surface area contributed by atoms with Gasteiger partial charge in [0, 0.05) is 25.3 Å². The maximum absolute atomic E-state index is 12.1. The van der Waals surface area contributed by atoms with Gasteiger partial charge in [0.15, 0.2) is 6.23 Å². The van der Waals surface area contributed by atoms with Crippen LogP contribution in [0.3, 0.4) is 0 Å². The normalized spacial score (nSPS) is 26.6. The van der Waals surface area contributed by atoms with Crippen LogP contribution in [0, 0.1) is 5.92 Å². The van der Waals surface area contributed by atoms with Crippen LogP contribution in [0.2, 0.25) is 0 Å². The second-order valence-corrected chi connectivity index (χ2v) is 9.21. The van der Waals surface area contributed by atoms with E-state index in [-0.39, 0.29) is 18.1 Å². The Morgan fingerprint density at radius 1 is 1.35 bits per heavy atom. The molecule has 1 fully saturated rings. The first kappa shape index (κ1) is 21.2. The van der Waals surface area contributed by atoms with Crippen molar-refractivity contribution in [3.8, 4) is 0 Å². The van der Waals surface area contributed by atoms with E-state index >= 15 is 0 Å². The Morgan fingerprint density at radius 3 is 2.54 bits per heavy atom. The number of rotatable bonds is 8. The smallest absolute Gasteiger partial charge is 0.330 e. The van der Waals surface area contributed by atoms with Crippen LogP contribution in [-0.2, 0) is 30.3 Å². The minimum atomic E-state index is -2.52. The van der Waals surface area contributed by atoms with Crippen molar-refractivity contribution in [1.82, 2.24) is 9.55 Å². The largest absolute Gasteiger partial charge is 0.376 e. The number of aromatic amines is 1. The summed E-state index contributed by atoms with van der Waals surface area (Å²) in [5.41, 5.74) is -1.01. The highest BCUT2D eigenvalue weighted by atomic mass is 32.5. The van der Waals surface area contributed by atoms with Crippen LogP contribution < -0.4 is 11.2 Å². The predicted octanol–water partition coefficient (Wildman–Crippen LogP) is 1.98. The van der Waals surface area contributed by atoms with Gasteiger partial charge in [0.05, 0.1) is 19.3 Å². The fourth-order valence-electron chi connectivity index (χ4n) is 2.89. The molecule has 1 aliphatic rings. The second-order valence-electron chi connectivity index (χ2n) is 5.79. The summed E-state index contributed by atoms with van der Waals surface area (Å²) in [5, 5.41) is 0. The molecule has 0 aliphatic carbocycles. The van der Waals surface area contributed by atoms with Gasteiger partial charge in [0.1, 0.15) is 6.10 Å². The number of H-pyrrole nitrogens is 1. The fourth-order valence-corrected chi connectivity index (χ4v) is 5.08. The first-order chi connectivity index (χ1) is 12.3. The lowest BCUT2D eigenvalue weighted by Crippen LogP contribution is -2.36. The van der Waals surface area contributed by atoms with Crippen molar-refractivity contribution in [1.29, 1.82) is 0 Å². The van der Waals surface area contributed by atoms with E-state index in [2.05, 4.69) is 4.98 Å². The molecule has 1 saturated heterocycles. The van der Waals surface area contributed by atoms with Gasteiger partial charge < -0.3 is 18.5 Å². The van der Waals surface area contributed by atoms with E-state index in [1.807, 2.05) is 26.8 Å². The number of nitrogens with one attached hydrogen (secondary N) is 1. The molecule has 0 saturated carbocycles. The summed E-state index contributed by atoms with van der Waals surface area (Å²) in [6.07, 6.45) is 1.85. The molecule has 8 nitrogen and oxygen atoms in total. The Kier molecular flexibility index (Phi) is 7.52. The zero-order chi connectivity index (χ0) is 19.3. The Bertz CT molecular complexity index is 781. The molecule has 2 heterocycles. The van der Waals surface area contributed by atoms with E-state index in [0.717, 1.165) is 0 Å². The molecule has 1 aromatic heterocycles. The summed E-state index contributed by atoms with van der Waals surface area (Å²) in [6, 6.07) is 1.27. The maximum Gasteiger partial charge on any atom is 0.330 e. The van der Waals surface area contributed by atoms with Gasteiger partial charge in [-0.25, -0.2) is 4.79 Å². The number of ether oxygens (including phenoxy) is 2. The van der Waals surface area contributed by atoms with Gasteiger partial charge in [-0.2, -0.15) is 0 Å². The zero-order valence-corrected chi connectivity index (χ0v) is 17.0. The van der Waals surface area contributed by atoms with Crippen LogP contribution in [-0.4, -0.2) is 42.1 Å². The van der Waals surface area contributed by atoms with E-state index in [0.29, 0.717) is 13.2 Å². The van der Waals surface area contributed by atoms with Gasteiger partial charge in [-0.1, -0.05) is 6.92 Å². The van der Waals surface area contributed by atoms with Crippen molar-refractivity contribution >= 4 is 18.3 Å². The topological polar surface area (TPSA) is 91.8 Å². The monoisotopic (exact) mass is 404 g/mol. The van der Waals surface area contributed by atoms with E-state index in [9.17, 15) is 9.59 Å². The fraction of sp³-hybridized carbons (Fsp3) is 0.625. The standard InChI is InChI=1S/C16H25N2O6PS/c1-5-22-25(26,23-6-2)10-8-12-11(3)14(21-4)15(24-12)18-9-7-13(19)17-16(18)20/h7-12,14-15H,5-6H2,1-4H3,(H,17,19,20)/b10-8+/t11-,12+,14?,15+/m0/s1. The van der Waals surface area contributed by atoms with Gasteiger partial charge in [-0.3, -0.25) is 14.3 Å². The summed E-state index contributed by atoms with van der Waals surface area (Å²) in [6.45, 7) is 4.09. The quantitative estimate of drug-likeness (QED) is 0.663. The Balaban J connectivity index is 2.27. The minimum Gasteiger partial charge on any atom is -0.376 e. The summed E-state index contributed by atoms with van der Waals surface area (Å²) >= 11 is 5.49. The lowest BCUT2D eigenvalue weighted by molar-refractivity contribution is -0.0444. The molecule has 146 valence electrons. The van der Waals surface area contributed by atoms with Crippen molar-refractivity contribution in [3.05, 3.63) is 45.0 Å². The SMILES string of the molecule is CCOP(=S)(/C=C/[C@H]1O[C@@H](n2ccc(=O)[nH]c2=O)C(OC)[C@H]1C)OCC. The Morgan fingerprint density at radius 2 is 2.00 bits per heavy atom. The third-order valence-electron chi connectivity index (χ3n) is 4.09. The molecule has 4 atom stereocenters. The highest BCUT2D eigenvalue weighted by Crippen LogP contribution is 2.50. The molecule has 1 aromatic rings. The van der Waals surface area contributed by atoms with Gasteiger partial charge >= 0.3 is 5.69 Å². The molecule has 0 aromatic carbocycles. The number of nitrogens with zero attached hydrogens (tertiary/aromatic N) is 1. The summed E-state index contributed by atoms with van der Waals surface area (Å²) < 4.78 is 24.1. The van der Waals surface area contributed by atoms with Gasteiger partial charge in [-0.15, -0.1) is 0 Å². The lowest BCUT2D eigenvalue weighted by atomic mass is 10.0. The van der Waals surface area contributed by atoms with Crippen molar-refractivity contribution < 1.29 is 18.5 Å². The van der Waals surface area contributed by atoms with E-state index < -0.39 is 24.0 Å². The summed E-state index contributed by atoms with van der Waals surface area (Å²) in [7, 11) is 1.56. The number of methoxy groups -OCH3 is 1. The average molecular weight is 404 g/mol. The molecular weight excluding hydrogens is 379 g/mol. The summed E-state index contributed by atoms with van der Waals surface area (Å²) in [5.74, 6) is 1.70. The second kappa shape index (κ2) is 9.21. The molecule has 10 heteroatoms. The zero-order valence-electron chi connectivity index (χ0n) is 15.3. The van der Waals surface area contributed by atoms with Crippen LogP contribution in [0.15, 0.2) is 33.7 Å². The molecule has 0 bridgehead atoms. The average Bonchev–Trinajstić information content (AvgIpc) is 2.89. The van der Waals surface area contributed by atoms with Crippen molar-refractivity contribution in [2.45, 2.75) is 39.2 Å². The van der Waals surface area contributed by atoms with E-state index in [1.54, 1.807) is 12.9 Å². The molecule has 26 heavy (non-hydrogen) atoms. The van der Waals surface area contributed by atoms with Crippen LogP contribution in [0.25, 0.3) is 0 Å². The van der Waals surface area contributed by atoms with Crippen molar-refractivity contribution in [2.24, 2.45) is 5.92 Å². The van der Waals surface area contributed by atoms with Crippen molar-refractivity contribution in [3.63, 3.8) is 0 Å². The molecule has 1 unspecified atom stereocenters. The first-order valence-electron chi connectivity index (χ1n) is 8.43. The number of hydrogen-bond donors (Lipinski definition) is 1. The lowest BCUT2D eigenvalue weighted by Gasteiger charge is -2.20. The third-order valence-corrected chi connectivity index (χ3v) is 6.86. The van der Waals surface area contributed by atoms with Crippen LogP contribution >= 0.6 is 6.49 Å². The minimum absolute atomic E-state index is 0.0493. The van der Waals surface area contributed by atoms with E-state index in [4.69, 9.17) is 30.3 Å². The molecule has 1 N–H and O–H groups in total. The highest BCUT2D eigenvalue weighted by molar-refractivity contribution is 8.11. The maximum atomic E-state index is 12.1. The highest BCUT2D eigenvalue weighted by Gasteiger charge is 2.42. The van der Waals surface area contributed by atoms with E-state index in [1.165, 1.54) is 16.8 Å². The molecular formula is C16H25N2O6PS. The Hall–Kier alpha value is -1.09. The van der Waals surface area contributed by atoms with Crippen molar-refractivity contribution in [2.75, 3.05) is 20.3 Å². The Labute approximate surface area is 157 Å². The summed E-state index contributed by atoms with van der Waals surface area (Å²) in [4.78, 5) is 25.6. The number of hydrogen-bond acceptors (Lipinski definition) is 7. The molecule has 0 spiro atoms. The third kappa shape index (κ3) is 4.79. The van der Waals surface area contributed by atoms with Crippen LogP contribution in [0.5, 0.6) is 0 Å². The molecule has 1 aliphatic heterocycles. The molecule has 2 rings (SSSR count). The van der Waals surface area contributed by atoms with Crippen LogP contribution in [0.1, 0.15) is 27.0 Å². The van der Waals surface area contributed by atoms with Gasteiger partial charge in [-0.05, 0) is 37.5 Å². The van der Waals surface area contributed by atoms with Gasteiger partial charge in [0.2, 0.25) is 6.49 Å². The molecule has 0 radical (unpaired) electrons. The first-order valence-corrected chi connectivity index (χ1v) is 11.1. The van der Waals surface area contributed by atoms with Crippen LogP contribution in [0.4, 0.5) is 0 Å². The molecule has 0 amide bonds. The predicted molar refractivity (Wildman–Crippen MR) is 102 cm³/mol.